The Bertz CT molecular complexity index is 600. The van der Waals surface area contributed by atoms with Crippen molar-refractivity contribution >= 4 is 11.9 Å². The number of halogens is 1. The highest BCUT2D eigenvalue weighted by molar-refractivity contribution is 6.00. The molecule has 6 heteroatoms. The van der Waals surface area contributed by atoms with Gasteiger partial charge in [0.25, 0.3) is 0 Å². The van der Waals surface area contributed by atoms with Crippen molar-refractivity contribution in [3.8, 4) is 0 Å². The molecule has 3 amide bonds. The van der Waals surface area contributed by atoms with Gasteiger partial charge in [-0.05, 0) is 30.5 Å². The molecular formula is C17H23FN2O3. The Morgan fingerprint density at radius 2 is 2.00 bits per heavy atom. The normalized spacial score (nSPS) is 17.3. The first kappa shape index (κ1) is 17.4. The number of amides is 3. The predicted molar refractivity (Wildman–Crippen MR) is 84.1 cm³/mol. The van der Waals surface area contributed by atoms with E-state index in [4.69, 9.17) is 4.74 Å². The van der Waals surface area contributed by atoms with Crippen molar-refractivity contribution in [3.05, 3.63) is 35.1 Å². The van der Waals surface area contributed by atoms with Crippen LogP contribution in [0.3, 0.4) is 0 Å². The van der Waals surface area contributed by atoms with Crippen LogP contribution in [0.2, 0.25) is 0 Å². The van der Waals surface area contributed by atoms with Gasteiger partial charge in [-0.15, -0.1) is 0 Å². The molecule has 1 heterocycles. The second-order valence-corrected chi connectivity index (χ2v) is 5.90. The van der Waals surface area contributed by atoms with Crippen LogP contribution in [0.25, 0.3) is 0 Å². The number of methoxy groups -OCH3 is 1. The number of imide groups is 1. The smallest absolute Gasteiger partial charge is 0.324 e. The van der Waals surface area contributed by atoms with E-state index in [-0.39, 0.29) is 24.9 Å². The topological polar surface area (TPSA) is 58.6 Å². The number of hydrogen-bond donors (Lipinski definition) is 1. The molecule has 1 aromatic rings. The standard InChI is InChI=1S/C17H23FN2O3/c1-4-17(5-2)11-19-16(22)20(15(17)21)9-12-6-7-14(18)13(8-12)10-23-3/h6-8H,4-5,9-11H2,1-3H3,(H,19,22). The third-order valence-corrected chi connectivity index (χ3v) is 4.63. The van der Waals surface area contributed by atoms with Crippen LogP contribution in [0.4, 0.5) is 9.18 Å². The maximum Gasteiger partial charge on any atom is 0.324 e. The van der Waals surface area contributed by atoms with Crippen LogP contribution in [0.15, 0.2) is 18.2 Å². The van der Waals surface area contributed by atoms with Crippen molar-refractivity contribution in [2.75, 3.05) is 13.7 Å². The van der Waals surface area contributed by atoms with E-state index in [9.17, 15) is 14.0 Å². The van der Waals surface area contributed by atoms with Crippen molar-refractivity contribution in [2.45, 2.75) is 39.8 Å². The Labute approximate surface area is 135 Å². The van der Waals surface area contributed by atoms with Crippen molar-refractivity contribution in [3.63, 3.8) is 0 Å². The van der Waals surface area contributed by atoms with Crippen molar-refractivity contribution in [1.29, 1.82) is 0 Å². The minimum absolute atomic E-state index is 0.128. The number of nitrogens with one attached hydrogen (secondary N) is 1. The van der Waals surface area contributed by atoms with E-state index in [2.05, 4.69) is 5.32 Å². The molecule has 1 aromatic carbocycles. The SMILES string of the molecule is CCC1(CC)CNC(=O)N(Cc2ccc(F)c(COC)c2)C1=O. The van der Waals surface area contributed by atoms with Gasteiger partial charge in [0.1, 0.15) is 5.82 Å². The number of ether oxygens (including phenoxy) is 1. The van der Waals surface area contributed by atoms with E-state index in [0.29, 0.717) is 30.5 Å². The Morgan fingerprint density at radius 3 is 2.61 bits per heavy atom. The van der Waals surface area contributed by atoms with E-state index < -0.39 is 11.4 Å². The number of nitrogens with zero attached hydrogens (tertiary/aromatic N) is 1. The van der Waals surface area contributed by atoms with Gasteiger partial charge in [0.05, 0.1) is 18.6 Å². The monoisotopic (exact) mass is 322 g/mol. The Kier molecular flexibility index (Phi) is 5.36. The van der Waals surface area contributed by atoms with Gasteiger partial charge in [0, 0.05) is 19.2 Å². The van der Waals surface area contributed by atoms with Gasteiger partial charge < -0.3 is 10.1 Å². The summed E-state index contributed by atoms with van der Waals surface area (Å²) in [5.41, 5.74) is 0.556. The molecule has 126 valence electrons. The number of carbonyl (C=O) groups excluding carboxylic acids is 2. The zero-order chi connectivity index (χ0) is 17.0. The quantitative estimate of drug-likeness (QED) is 0.876. The summed E-state index contributed by atoms with van der Waals surface area (Å²) in [5.74, 6) is -0.523. The molecule has 2 rings (SSSR count). The summed E-state index contributed by atoms with van der Waals surface area (Å²) < 4.78 is 18.6. The first-order valence-corrected chi connectivity index (χ1v) is 7.83. The predicted octanol–water partition coefficient (Wildman–Crippen LogP) is 2.83. The average Bonchev–Trinajstić information content (AvgIpc) is 2.55. The molecule has 1 N–H and O–H groups in total. The van der Waals surface area contributed by atoms with Gasteiger partial charge in [-0.25, -0.2) is 9.18 Å². The van der Waals surface area contributed by atoms with E-state index in [1.165, 1.54) is 18.1 Å². The zero-order valence-electron chi connectivity index (χ0n) is 13.8. The van der Waals surface area contributed by atoms with E-state index in [0.717, 1.165) is 0 Å². The summed E-state index contributed by atoms with van der Waals surface area (Å²) in [5, 5.41) is 2.79. The van der Waals surface area contributed by atoms with E-state index in [1.54, 1.807) is 12.1 Å². The molecule has 1 aliphatic heterocycles. The summed E-state index contributed by atoms with van der Waals surface area (Å²) in [7, 11) is 1.49. The fraction of sp³-hybridized carbons (Fsp3) is 0.529. The molecule has 23 heavy (non-hydrogen) atoms. The molecule has 0 radical (unpaired) electrons. The molecule has 0 atom stereocenters. The third kappa shape index (κ3) is 3.37. The summed E-state index contributed by atoms with van der Waals surface area (Å²) >= 11 is 0. The largest absolute Gasteiger partial charge is 0.380 e. The minimum Gasteiger partial charge on any atom is -0.380 e. The maximum absolute atomic E-state index is 13.7. The van der Waals surface area contributed by atoms with Crippen LogP contribution < -0.4 is 5.32 Å². The summed E-state index contributed by atoms with van der Waals surface area (Å²) in [6, 6.07) is 4.16. The highest BCUT2D eigenvalue weighted by atomic mass is 19.1. The molecule has 1 saturated heterocycles. The fourth-order valence-electron chi connectivity index (χ4n) is 2.92. The lowest BCUT2D eigenvalue weighted by atomic mass is 9.79. The fourth-order valence-corrected chi connectivity index (χ4v) is 2.92. The molecule has 0 bridgehead atoms. The molecular weight excluding hydrogens is 299 g/mol. The number of benzene rings is 1. The number of rotatable bonds is 6. The second kappa shape index (κ2) is 7.08. The van der Waals surface area contributed by atoms with Crippen LogP contribution in [-0.4, -0.2) is 30.5 Å². The number of carbonyl (C=O) groups is 2. The van der Waals surface area contributed by atoms with Crippen molar-refractivity contribution in [2.24, 2.45) is 5.41 Å². The lowest BCUT2D eigenvalue weighted by Crippen LogP contribution is -2.59. The Hall–Kier alpha value is -1.95. The molecule has 0 unspecified atom stereocenters. The first-order valence-electron chi connectivity index (χ1n) is 7.83. The van der Waals surface area contributed by atoms with Gasteiger partial charge in [-0.2, -0.15) is 0 Å². The van der Waals surface area contributed by atoms with Crippen molar-refractivity contribution < 1.29 is 18.7 Å². The highest BCUT2D eigenvalue weighted by Crippen LogP contribution is 2.32. The van der Waals surface area contributed by atoms with E-state index in [1.807, 2.05) is 13.8 Å². The maximum atomic E-state index is 13.7. The first-order chi connectivity index (χ1) is 11.0. The van der Waals surface area contributed by atoms with Gasteiger partial charge in [-0.3, -0.25) is 9.69 Å². The molecule has 1 fully saturated rings. The third-order valence-electron chi connectivity index (χ3n) is 4.63. The zero-order valence-corrected chi connectivity index (χ0v) is 13.8. The van der Waals surface area contributed by atoms with Gasteiger partial charge in [0.15, 0.2) is 0 Å². The Balaban J connectivity index is 2.25. The van der Waals surface area contributed by atoms with Crippen molar-refractivity contribution in [1.82, 2.24) is 10.2 Å². The summed E-state index contributed by atoms with van der Waals surface area (Å²) in [6.45, 7) is 4.54. The average molecular weight is 322 g/mol. The molecule has 1 aliphatic rings. The van der Waals surface area contributed by atoms with Crippen LogP contribution in [-0.2, 0) is 22.7 Å². The van der Waals surface area contributed by atoms with Crippen LogP contribution >= 0.6 is 0 Å². The molecule has 0 aliphatic carbocycles. The number of urea groups is 1. The molecule has 0 saturated carbocycles. The molecule has 0 spiro atoms. The Morgan fingerprint density at radius 1 is 1.30 bits per heavy atom. The summed E-state index contributed by atoms with van der Waals surface area (Å²) in [4.78, 5) is 26.1. The second-order valence-electron chi connectivity index (χ2n) is 5.90. The van der Waals surface area contributed by atoms with E-state index >= 15 is 0 Å². The van der Waals surface area contributed by atoms with Gasteiger partial charge in [-0.1, -0.05) is 19.9 Å². The van der Waals surface area contributed by atoms with Crippen LogP contribution in [0.1, 0.15) is 37.8 Å². The van der Waals surface area contributed by atoms with Crippen LogP contribution in [0, 0.1) is 11.2 Å². The molecule has 0 aromatic heterocycles. The highest BCUT2D eigenvalue weighted by Gasteiger charge is 2.44. The van der Waals surface area contributed by atoms with Crippen LogP contribution in [0.5, 0.6) is 0 Å². The van der Waals surface area contributed by atoms with Gasteiger partial charge in [0.2, 0.25) is 5.91 Å². The lowest BCUT2D eigenvalue weighted by Gasteiger charge is -2.40. The molecule has 5 nitrogen and oxygen atoms in total. The van der Waals surface area contributed by atoms with Gasteiger partial charge >= 0.3 is 6.03 Å². The minimum atomic E-state index is -0.552. The summed E-state index contributed by atoms with van der Waals surface area (Å²) in [6.07, 6.45) is 1.33. The lowest BCUT2D eigenvalue weighted by molar-refractivity contribution is -0.141. The number of hydrogen-bond acceptors (Lipinski definition) is 3.